The largest absolute Gasteiger partial charge is 0.467 e. The van der Waals surface area contributed by atoms with Crippen molar-refractivity contribution in [1.29, 1.82) is 0 Å². The molecule has 0 saturated carbocycles. The zero-order chi connectivity index (χ0) is 13.9. The lowest BCUT2D eigenvalue weighted by molar-refractivity contribution is 0.0735. The van der Waals surface area contributed by atoms with Gasteiger partial charge in [0.25, 0.3) is 5.91 Å². The fourth-order valence-electron chi connectivity index (χ4n) is 2.09. The predicted octanol–water partition coefficient (Wildman–Crippen LogP) is 0.678. The molecular formula is C13H17N5O2. The Balaban J connectivity index is 1.70. The first-order valence-corrected chi connectivity index (χ1v) is 6.72. The highest BCUT2D eigenvalue weighted by Gasteiger charge is 2.23. The van der Waals surface area contributed by atoms with E-state index in [0.29, 0.717) is 24.8 Å². The number of hydrogen-bond donors (Lipinski definition) is 1. The van der Waals surface area contributed by atoms with E-state index in [0.717, 1.165) is 18.8 Å². The molecule has 0 unspecified atom stereocenters. The van der Waals surface area contributed by atoms with E-state index in [1.54, 1.807) is 22.0 Å². The summed E-state index contributed by atoms with van der Waals surface area (Å²) in [5.74, 6) is 0.637. The zero-order valence-corrected chi connectivity index (χ0v) is 11.3. The molecule has 2 aromatic heterocycles. The van der Waals surface area contributed by atoms with E-state index in [1.807, 2.05) is 19.1 Å². The van der Waals surface area contributed by atoms with Crippen molar-refractivity contribution in [2.45, 2.75) is 19.5 Å². The van der Waals surface area contributed by atoms with Gasteiger partial charge in [0.1, 0.15) is 5.76 Å². The Hall–Kier alpha value is -2.15. The van der Waals surface area contributed by atoms with Crippen LogP contribution in [-0.2, 0) is 6.54 Å². The number of nitrogens with zero attached hydrogens (tertiary/aromatic N) is 4. The summed E-state index contributed by atoms with van der Waals surface area (Å²) in [4.78, 5) is 14.1. The first-order valence-electron chi connectivity index (χ1n) is 6.72. The van der Waals surface area contributed by atoms with Crippen LogP contribution in [0.2, 0.25) is 0 Å². The van der Waals surface area contributed by atoms with Crippen LogP contribution in [-0.4, -0.2) is 45.4 Å². The van der Waals surface area contributed by atoms with Gasteiger partial charge in [-0.15, -0.1) is 5.10 Å². The molecule has 0 atom stereocenters. The number of aromatic nitrogens is 3. The van der Waals surface area contributed by atoms with Crippen LogP contribution in [0.25, 0.3) is 0 Å². The van der Waals surface area contributed by atoms with Gasteiger partial charge in [0.05, 0.1) is 25.0 Å². The van der Waals surface area contributed by atoms with Crippen LogP contribution in [0, 0.1) is 0 Å². The molecule has 1 saturated heterocycles. The number of hydrogen-bond acceptors (Lipinski definition) is 5. The summed E-state index contributed by atoms with van der Waals surface area (Å²) >= 11 is 0. The molecule has 7 nitrogen and oxygen atoms in total. The molecule has 106 valence electrons. The minimum atomic E-state index is -0.123. The van der Waals surface area contributed by atoms with Crippen LogP contribution in [0.1, 0.15) is 29.2 Å². The van der Waals surface area contributed by atoms with E-state index in [-0.39, 0.29) is 5.91 Å². The molecule has 20 heavy (non-hydrogen) atoms. The highest BCUT2D eigenvalue weighted by molar-refractivity contribution is 5.91. The Morgan fingerprint density at radius 1 is 1.60 bits per heavy atom. The van der Waals surface area contributed by atoms with E-state index in [9.17, 15) is 4.79 Å². The van der Waals surface area contributed by atoms with Crippen molar-refractivity contribution in [1.82, 2.24) is 25.2 Å². The van der Waals surface area contributed by atoms with Crippen LogP contribution in [0.5, 0.6) is 0 Å². The second-order valence-electron chi connectivity index (χ2n) is 4.79. The normalized spacial score (nSPS) is 15.1. The van der Waals surface area contributed by atoms with Gasteiger partial charge in [-0.2, -0.15) is 0 Å². The number of rotatable bonds is 5. The molecule has 1 N–H and O–H groups in total. The van der Waals surface area contributed by atoms with Gasteiger partial charge < -0.3 is 14.6 Å². The maximum atomic E-state index is 12.4. The summed E-state index contributed by atoms with van der Waals surface area (Å²) < 4.78 is 7.03. The van der Waals surface area contributed by atoms with Crippen molar-refractivity contribution in [2.75, 3.05) is 19.6 Å². The quantitative estimate of drug-likeness (QED) is 0.868. The summed E-state index contributed by atoms with van der Waals surface area (Å²) in [7, 11) is 0. The van der Waals surface area contributed by atoms with Crippen LogP contribution in [0.3, 0.4) is 0 Å². The number of carbonyl (C=O) groups excluding carboxylic acids is 1. The standard InChI is InChI=1S/C13H17N5O2/c1-2-17(8-11-4-3-5-20-11)13(19)12-9-18(16-15-12)10-6-14-7-10/h3-5,9-10,14H,2,6-8H2,1H3. The van der Waals surface area contributed by atoms with Crippen LogP contribution < -0.4 is 5.32 Å². The fourth-order valence-corrected chi connectivity index (χ4v) is 2.09. The summed E-state index contributed by atoms with van der Waals surface area (Å²) in [6.07, 6.45) is 3.33. The fraction of sp³-hybridized carbons (Fsp3) is 0.462. The van der Waals surface area contributed by atoms with Crippen LogP contribution >= 0.6 is 0 Å². The summed E-state index contributed by atoms with van der Waals surface area (Å²) in [6.45, 7) is 4.72. The summed E-state index contributed by atoms with van der Waals surface area (Å²) in [6, 6.07) is 3.98. The number of furan rings is 1. The van der Waals surface area contributed by atoms with Gasteiger partial charge >= 0.3 is 0 Å². The number of amides is 1. The van der Waals surface area contributed by atoms with E-state index in [4.69, 9.17) is 4.42 Å². The lowest BCUT2D eigenvalue weighted by atomic mass is 10.2. The molecule has 0 radical (unpaired) electrons. The molecule has 0 spiro atoms. The summed E-state index contributed by atoms with van der Waals surface area (Å²) in [5, 5.41) is 11.2. The van der Waals surface area contributed by atoms with Gasteiger partial charge in [-0.25, -0.2) is 4.68 Å². The predicted molar refractivity (Wildman–Crippen MR) is 71.1 cm³/mol. The summed E-state index contributed by atoms with van der Waals surface area (Å²) in [5.41, 5.74) is 0.380. The molecular weight excluding hydrogens is 258 g/mol. The van der Waals surface area contributed by atoms with Gasteiger partial charge in [-0.05, 0) is 19.1 Å². The van der Waals surface area contributed by atoms with Gasteiger partial charge in [-0.3, -0.25) is 4.79 Å². The van der Waals surface area contributed by atoms with Crippen molar-refractivity contribution >= 4 is 5.91 Å². The lowest BCUT2D eigenvalue weighted by Crippen LogP contribution is -2.43. The van der Waals surface area contributed by atoms with Crippen molar-refractivity contribution in [2.24, 2.45) is 0 Å². The van der Waals surface area contributed by atoms with E-state index < -0.39 is 0 Å². The average molecular weight is 275 g/mol. The molecule has 2 aromatic rings. The molecule has 0 bridgehead atoms. The Kier molecular flexibility index (Phi) is 3.51. The Labute approximate surface area is 116 Å². The van der Waals surface area contributed by atoms with Crippen molar-refractivity contribution in [3.05, 3.63) is 36.0 Å². The minimum Gasteiger partial charge on any atom is -0.467 e. The van der Waals surface area contributed by atoms with Crippen molar-refractivity contribution < 1.29 is 9.21 Å². The molecule has 3 heterocycles. The van der Waals surface area contributed by atoms with Crippen molar-refractivity contribution in [3.8, 4) is 0 Å². The van der Waals surface area contributed by atoms with E-state index in [2.05, 4.69) is 15.6 Å². The van der Waals surface area contributed by atoms with Crippen LogP contribution in [0.4, 0.5) is 0 Å². The van der Waals surface area contributed by atoms with E-state index in [1.165, 1.54) is 0 Å². The van der Waals surface area contributed by atoms with E-state index >= 15 is 0 Å². The Morgan fingerprint density at radius 3 is 3.05 bits per heavy atom. The molecule has 1 fully saturated rings. The molecule has 0 aromatic carbocycles. The molecule has 7 heteroatoms. The molecule has 1 amide bonds. The second kappa shape index (κ2) is 5.46. The van der Waals surface area contributed by atoms with Crippen LogP contribution in [0.15, 0.2) is 29.0 Å². The average Bonchev–Trinajstić information content (AvgIpc) is 3.04. The highest BCUT2D eigenvalue weighted by Crippen LogP contribution is 2.12. The zero-order valence-electron chi connectivity index (χ0n) is 11.3. The number of carbonyl (C=O) groups is 1. The Bertz CT molecular complexity index is 573. The third kappa shape index (κ3) is 2.44. The Morgan fingerprint density at radius 2 is 2.45 bits per heavy atom. The SMILES string of the molecule is CCN(Cc1ccco1)C(=O)c1cn(C2CNC2)nn1. The first-order chi connectivity index (χ1) is 9.78. The van der Waals surface area contributed by atoms with Crippen molar-refractivity contribution in [3.63, 3.8) is 0 Å². The maximum absolute atomic E-state index is 12.4. The molecule has 3 rings (SSSR count). The molecule has 1 aliphatic heterocycles. The molecule has 0 aliphatic carbocycles. The maximum Gasteiger partial charge on any atom is 0.276 e. The minimum absolute atomic E-state index is 0.123. The smallest absolute Gasteiger partial charge is 0.276 e. The third-order valence-electron chi connectivity index (χ3n) is 3.46. The second-order valence-corrected chi connectivity index (χ2v) is 4.79. The number of nitrogens with one attached hydrogen (secondary N) is 1. The third-order valence-corrected chi connectivity index (χ3v) is 3.46. The molecule has 1 aliphatic rings. The topological polar surface area (TPSA) is 76.2 Å². The van der Waals surface area contributed by atoms with Gasteiger partial charge in [0.2, 0.25) is 0 Å². The van der Waals surface area contributed by atoms with Gasteiger partial charge in [0, 0.05) is 19.6 Å². The first kappa shape index (κ1) is 12.9. The van der Waals surface area contributed by atoms with Gasteiger partial charge in [0.15, 0.2) is 5.69 Å². The van der Waals surface area contributed by atoms with Gasteiger partial charge in [-0.1, -0.05) is 5.21 Å². The monoisotopic (exact) mass is 275 g/mol. The highest BCUT2D eigenvalue weighted by atomic mass is 16.3. The lowest BCUT2D eigenvalue weighted by Gasteiger charge is -2.26.